The van der Waals surface area contributed by atoms with Crippen molar-refractivity contribution in [2.45, 2.75) is 0 Å². The molecule has 0 saturated heterocycles. The Labute approximate surface area is 272 Å². The van der Waals surface area contributed by atoms with Gasteiger partial charge in [-0.3, -0.25) is 0 Å². The monoisotopic (exact) mass is 600 g/mol. The third kappa shape index (κ3) is 4.84. The van der Waals surface area contributed by atoms with Gasteiger partial charge in [-0.05, 0) is 53.6 Å². The van der Waals surface area contributed by atoms with E-state index in [0.717, 1.165) is 55.9 Å². The van der Waals surface area contributed by atoms with Gasteiger partial charge in [-0.1, -0.05) is 127 Å². The van der Waals surface area contributed by atoms with Crippen LogP contribution >= 0.6 is 0 Å². The average molecular weight is 601 g/mol. The number of aromatic nitrogens is 4. The topological polar surface area (TPSA) is 43.6 Å². The van der Waals surface area contributed by atoms with Crippen LogP contribution in [0.3, 0.4) is 0 Å². The van der Waals surface area contributed by atoms with Crippen LogP contribution in [0.1, 0.15) is 0 Å². The van der Waals surface area contributed by atoms with Crippen molar-refractivity contribution < 1.29 is 0 Å². The number of pyridine rings is 1. The summed E-state index contributed by atoms with van der Waals surface area (Å²) in [5, 5.41) is 3.62. The van der Waals surface area contributed by atoms with Gasteiger partial charge < -0.3 is 4.57 Å². The standard InChI is InChI=1S/C43H28N4/c1-2-10-31(11-3-1)39-28-40(46-43(45-39)38-27-24-32-12-4-7-15-37(32)44-38)33-20-18-29(19-21-33)30-22-25-34(26-23-30)47-41-16-8-5-13-35(41)36-14-6-9-17-42(36)47/h1-28H. The lowest BCUT2D eigenvalue weighted by molar-refractivity contribution is 1.16. The van der Waals surface area contributed by atoms with Crippen LogP contribution in [-0.4, -0.2) is 19.5 Å². The zero-order valence-corrected chi connectivity index (χ0v) is 25.5. The van der Waals surface area contributed by atoms with E-state index in [1.54, 1.807) is 0 Å². The summed E-state index contributed by atoms with van der Waals surface area (Å²) in [6, 6.07) is 59.2. The molecule has 3 heterocycles. The summed E-state index contributed by atoms with van der Waals surface area (Å²) in [6.45, 7) is 0. The molecule has 0 unspecified atom stereocenters. The summed E-state index contributed by atoms with van der Waals surface area (Å²) in [5.41, 5.74) is 11.3. The fourth-order valence-corrected chi connectivity index (χ4v) is 6.49. The number of hydrogen-bond acceptors (Lipinski definition) is 3. The van der Waals surface area contributed by atoms with Crippen LogP contribution in [0.5, 0.6) is 0 Å². The van der Waals surface area contributed by atoms with Gasteiger partial charge in [0.15, 0.2) is 5.82 Å². The van der Waals surface area contributed by atoms with E-state index in [0.29, 0.717) is 5.82 Å². The third-order valence-electron chi connectivity index (χ3n) is 8.84. The van der Waals surface area contributed by atoms with Gasteiger partial charge in [0.05, 0.1) is 27.9 Å². The Morgan fingerprint density at radius 1 is 0.362 bits per heavy atom. The Kier molecular flexibility index (Phi) is 6.43. The predicted molar refractivity (Wildman–Crippen MR) is 193 cm³/mol. The number of fused-ring (bicyclic) bond motifs is 4. The molecule has 4 nitrogen and oxygen atoms in total. The van der Waals surface area contributed by atoms with Crippen molar-refractivity contribution in [3.05, 3.63) is 170 Å². The average Bonchev–Trinajstić information content (AvgIpc) is 3.49. The van der Waals surface area contributed by atoms with Crippen LogP contribution < -0.4 is 0 Å². The summed E-state index contributed by atoms with van der Waals surface area (Å²) < 4.78 is 2.35. The third-order valence-corrected chi connectivity index (χ3v) is 8.84. The first kappa shape index (κ1) is 27.0. The quantitative estimate of drug-likeness (QED) is 0.197. The van der Waals surface area contributed by atoms with Gasteiger partial charge in [0.2, 0.25) is 0 Å². The lowest BCUT2D eigenvalue weighted by atomic mass is 10.0. The first-order valence-corrected chi connectivity index (χ1v) is 15.8. The molecule has 0 spiro atoms. The Hall–Kier alpha value is -6.39. The van der Waals surface area contributed by atoms with Crippen molar-refractivity contribution in [3.8, 4) is 50.8 Å². The lowest BCUT2D eigenvalue weighted by Crippen LogP contribution is -1.97. The van der Waals surface area contributed by atoms with Crippen LogP contribution in [0.2, 0.25) is 0 Å². The van der Waals surface area contributed by atoms with Crippen LogP contribution in [0.25, 0.3) is 83.6 Å². The minimum atomic E-state index is 0.608. The molecule has 0 aliphatic heterocycles. The van der Waals surface area contributed by atoms with E-state index in [4.69, 9.17) is 15.0 Å². The molecule has 3 aromatic heterocycles. The van der Waals surface area contributed by atoms with Gasteiger partial charge in [0.25, 0.3) is 0 Å². The maximum Gasteiger partial charge on any atom is 0.179 e. The van der Waals surface area contributed by atoms with Crippen molar-refractivity contribution in [3.63, 3.8) is 0 Å². The number of para-hydroxylation sites is 3. The molecule has 0 aliphatic carbocycles. The molecule has 0 atom stereocenters. The van der Waals surface area contributed by atoms with E-state index in [2.05, 4.69) is 132 Å². The maximum absolute atomic E-state index is 5.02. The Balaban J connectivity index is 1.08. The summed E-state index contributed by atoms with van der Waals surface area (Å²) in [4.78, 5) is 14.9. The normalized spacial score (nSPS) is 11.4. The van der Waals surface area contributed by atoms with Gasteiger partial charge in [-0.2, -0.15) is 0 Å². The molecule has 4 heteroatoms. The first-order valence-electron chi connectivity index (χ1n) is 15.8. The molecule has 0 saturated carbocycles. The predicted octanol–water partition coefficient (Wildman–Crippen LogP) is 10.8. The van der Waals surface area contributed by atoms with E-state index < -0.39 is 0 Å². The SMILES string of the molecule is c1ccc(-c2cc(-c3ccc(-c4ccc(-n5c6ccccc6c6ccccc65)cc4)cc3)nc(-c3ccc4ccccc4n3)n2)cc1. The molecule has 220 valence electrons. The van der Waals surface area contributed by atoms with Crippen molar-refractivity contribution >= 4 is 32.7 Å². The van der Waals surface area contributed by atoms with E-state index in [1.165, 1.54) is 21.8 Å². The van der Waals surface area contributed by atoms with Crippen LogP contribution in [0.4, 0.5) is 0 Å². The van der Waals surface area contributed by atoms with Gasteiger partial charge in [0.1, 0.15) is 5.69 Å². The van der Waals surface area contributed by atoms with Crippen LogP contribution in [0, 0.1) is 0 Å². The molecule has 0 fully saturated rings. The maximum atomic E-state index is 5.02. The smallest absolute Gasteiger partial charge is 0.179 e. The second kappa shape index (κ2) is 11.2. The summed E-state index contributed by atoms with van der Waals surface area (Å²) >= 11 is 0. The van der Waals surface area contributed by atoms with E-state index in [9.17, 15) is 0 Å². The van der Waals surface area contributed by atoms with Crippen molar-refractivity contribution in [1.82, 2.24) is 19.5 Å². The largest absolute Gasteiger partial charge is 0.309 e. The molecular weight excluding hydrogens is 573 g/mol. The van der Waals surface area contributed by atoms with E-state index in [-0.39, 0.29) is 0 Å². The fraction of sp³-hybridized carbons (Fsp3) is 0. The van der Waals surface area contributed by atoms with Gasteiger partial charge in [0, 0.05) is 33.0 Å². The summed E-state index contributed by atoms with van der Waals surface area (Å²) in [5.74, 6) is 0.608. The zero-order chi connectivity index (χ0) is 31.2. The number of hydrogen-bond donors (Lipinski definition) is 0. The molecule has 0 amide bonds. The highest BCUT2D eigenvalue weighted by molar-refractivity contribution is 6.09. The number of rotatable bonds is 5. The molecule has 9 aromatic rings. The molecule has 0 bridgehead atoms. The Bertz CT molecular complexity index is 2500. The molecule has 47 heavy (non-hydrogen) atoms. The van der Waals surface area contributed by atoms with Crippen molar-refractivity contribution in [2.24, 2.45) is 0 Å². The second-order valence-corrected chi connectivity index (χ2v) is 11.7. The van der Waals surface area contributed by atoms with Crippen molar-refractivity contribution in [1.29, 1.82) is 0 Å². The van der Waals surface area contributed by atoms with E-state index >= 15 is 0 Å². The number of nitrogens with zero attached hydrogens (tertiary/aromatic N) is 4. The van der Waals surface area contributed by atoms with Crippen LogP contribution in [0.15, 0.2) is 170 Å². The first-order chi connectivity index (χ1) is 23.3. The van der Waals surface area contributed by atoms with E-state index in [1.807, 2.05) is 42.5 Å². The molecule has 0 radical (unpaired) electrons. The highest BCUT2D eigenvalue weighted by atomic mass is 15.0. The summed E-state index contributed by atoms with van der Waals surface area (Å²) in [6.07, 6.45) is 0. The zero-order valence-electron chi connectivity index (χ0n) is 25.5. The minimum Gasteiger partial charge on any atom is -0.309 e. The van der Waals surface area contributed by atoms with Gasteiger partial charge in [-0.25, -0.2) is 15.0 Å². The molecule has 6 aromatic carbocycles. The highest BCUT2D eigenvalue weighted by Crippen LogP contribution is 2.33. The molecular formula is C43H28N4. The molecule has 0 N–H and O–H groups in total. The highest BCUT2D eigenvalue weighted by Gasteiger charge is 2.14. The minimum absolute atomic E-state index is 0.608. The van der Waals surface area contributed by atoms with Crippen molar-refractivity contribution in [2.75, 3.05) is 0 Å². The Morgan fingerprint density at radius 2 is 0.894 bits per heavy atom. The summed E-state index contributed by atoms with van der Waals surface area (Å²) in [7, 11) is 0. The van der Waals surface area contributed by atoms with Gasteiger partial charge in [-0.15, -0.1) is 0 Å². The Morgan fingerprint density at radius 3 is 1.57 bits per heavy atom. The number of benzene rings is 6. The van der Waals surface area contributed by atoms with Crippen LogP contribution in [-0.2, 0) is 0 Å². The van der Waals surface area contributed by atoms with Gasteiger partial charge >= 0.3 is 0 Å². The lowest BCUT2D eigenvalue weighted by Gasteiger charge is -2.11. The second-order valence-electron chi connectivity index (χ2n) is 11.7. The molecule has 9 rings (SSSR count). The fourth-order valence-electron chi connectivity index (χ4n) is 6.49. The molecule has 0 aliphatic rings.